The van der Waals surface area contributed by atoms with E-state index in [1.165, 1.54) is 44.1 Å². The Morgan fingerprint density at radius 2 is 1.08 bits per heavy atom. The van der Waals surface area contributed by atoms with Crippen molar-refractivity contribution in [2.45, 2.75) is 45.6 Å². The third-order valence-corrected chi connectivity index (χ3v) is 11.0. The zero-order valence-corrected chi connectivity index (χ0v) is 29.4. The topological polar surface area (TPSA) is 82.8 Å². The lowest BCUT2D eigenvalue weighted by Gasteiger charge is -2.22. The van der Waals surface area contributed by atoms with Gasteiger partial charge in [-0.05, 0) is 101 Å². The summed E-state index contributed by atoms with van der Waals surface area (Å²) in [7, 11) is 0. The first kappa shape index (κ1) is 30.5. The molecule has 3 aromatic heterocycles. The predicted molar refractivity (Wildman–Crippen MR) is 207 cm³/mol. The van der Waals surface area contributed by atoms with E-state index in [-0.39, 0.29) is 5.41 Å². The van der Waals surface area contributed by atoms with Crippen molar-refractivity contribution in [3.63, 3.8) is 0 Å². The van der Waals surface area contributed by atoms with E-state index in [1.54, 1.807) is 0 Å². The highest BCUT2D eigenvalue weighted by molar-refractivity contribution is 6.09. The zero-order chi connectivity index (χ0) is 35.1. The number of hydrogen-bond acceptors (Lipinski definition) is 6. The predicted octanol–water partition coefficient (Wildman–Crippen LogP) is 11.7. The summed E-state index contributed by atoms with van der Waals surface area (Å²) >= 11 is 0. The molecule has 1 atom stereocenters. The highest BCUT2D eigenvalue weighted by atomic mass is 16.4. The molecule has 0 aliphatic heterocycles. The lowest BCUT2D eigenvalue weighted by Crippen LogP contribution is -2.15. The summed E-state index contributed by atoms with van der Waals surface area (Å²) in [5, 5.41) is 22.6. The molecule has 52 heavy (non-hydrogen) atoms. The molecular formula is C45H35N5O2. The maximum absolute atomic E-state index is 6.38. The van der Waals surface area contributed by atoms with Crippen molar-refractivity contribution in [3.05, 3.63) is 132 Å². The second-order valence-electron chi connectivity index (χ2n) is 14.4. The SMILES string of the molecule is CCC(C)n1c2ccccc2c2cc(-c3nnc(-c4ccc5c(c4)C(C)(C)c4cc(-c6nnc(-c7cccc8ccccc78)o6)ccc4-5)o3)ccc21. The highest BCUT2D eigenvalue weighted by Gasteiger charge is 2.36. The number of fused-ring (bicyclic) bond motifs is 7. The molecule has 0 N–H and O–H groups in total. The van der Waals surface area contributed by atoms with Gasteiger partial charge in [0.2, 0.25) is 23.6 Å². The molecule has 0 saturated carbocycles. The van der Waals surface area contributed by atoms with E-state index in [0.29, 0.717) is 29.6 Å². The van der Waals surface area contributed by atoms with E-state index in [9.17, 15) is 0 Å². The van der Waals surface area contributed by atoms with Crippen LogP contribution in [0.3, 0.4) is 0 Å². The van der Waals surface area contributed by atoms with E-state index in [2.05, 4.69) is 150 Å². The Morgan fingerprint density at radius 1 is 0.538 bits per heavy atom. The smallest absolute Gasteiger partial charge is 0.248 e. The van der Waals surface area contributed by atoms with Crippen molar-refractivity contribution in [3.8, 4) is 56.9 Å². The molecule has 0 fully saturated rings. The van der Waals surface area contributed by atoms with E-state index in [1.807, 2.05) is 24.3 Å². The minimum atomic E-state index is -0.285. The van der Waals surface area contributed by atoms with Crippen LogP contribution < -0.4 is 0 Å². The molecular weight excluding hydrogens is 643 g/mol. The number of nitrogens with zero attached hydrogens (tertiary/aromatic N) is 5. The third kappa shape index (κ3) is 4.51. The van der Waals surface area contributed by atoms with Gasteiger partial charge in [0.25, 0.3) is 0 Å². The van der Waals surface area contributed by atoms with E-state index in [4.69, 9.17) is 8.83 Å². The second-order valence-corrected chi connectivity index (χ2v) is 14.4. The standard InChI is InChI=1S/C45H35N5O2/c1-5-26(2)50-39-16-9-8-14-34(39)36-23-28(19-22-40(36)50)41-46-47-42(51-41)29-17-20-32-33-21-18-30(25-38(33)45(3,4)37(32)24-29)43-48-49-44(52-43)35-15-10-12-27-11-6-7-13-31(27)35/h6-26H,5H2,1-4H3. The van der Waals surface area contributed by atoms with Gasteiger partial charge in [0.15, 0.2) is 0 Å². The van der Waals surface area contributed by atoms with Crippen LogP contribution in [0.15, 0.2) is 130 Å². The normalized spacial score (nSPS) is 13.9. The maximum atomic E-state index is 6.38. The van der Waals surface area contributed by atoms with Gasteiger partial charge >= 0.3 is 0 Å². The first-order valence-corrected chi connectivity index (χ1v) is 17.9. The molecule has 6 aromatic carbocycles. The van der Waals surface area contributed by atoms with Crippen LogP contribution in [0.2, 0.25) is 0 Å². The Labute approximate surface area is 300 Å². The molecule has 3 heterocycles. The summed E-state index contributed by atoms with van der Waals surface area (Å²) < 4.78 is 15.1. The number of benzene rings is 6. The average molecular weight is 678 g/mol. The van der Waals surface area contributed by atoms with Crippen molar-refractivity contribution >= 4 is 32.6 Å². The fourth-order valence-electron chi connectivity index (χ4n) is 8.11. The monoisotopic (exact) mass is 677 g/mol. The summed E-state index contributed by atoms with van der Waals surface area (Å²) in [6.07, 6.45) is 1.05. The van der Waals surface area contributed by atoms with Crippen molar-refractivity contribution in [2.24, 2.45) is 0 Å². The van der Waals surface area contributed by atoms with Crippen molar-refractivity contribution in [1.29, 1.82) is 0 Å². The molecule has 7 nitrogen and oxygen atoms in total. The molecule has 0 radical (unpaired) electrons. The van der Waals surface area contributed by atoms with Crippen LogP contribution in [0.4, 0.5) is 0 Å². The van der Waals surface area contributed by atoms with Gasteiger partial charge in [-0.1, -0.05) is 87.5 Å². The summed E-state index contributed by atoms with van der Waals surface area (Å²) in [5.41, 5.74) is 10.6. The number of rotatable bonds is 6. The summed E-state index contributed by atoms with van der Waals surface area (Å²) in [6, 6.07) is 42.7. The van der Waals surface area contributed by atoms with Gasteiger partial charge in [0, 0.05) is 55.5 Å². The molecule has 0 saturated heterocycles. The summed E-state index contributed by atoms with van der Waals surface area (Å²) in [4.78, 5) is 0. The highest BCUT2D eigenvalue weighted by Crippen LogP contribution is 2.50. The maximum Gasteiger partial charge on any atom is 0.248 e. The van der Waals surface area contributed by atoms with Gasteiger partial charge in [-0.2, -0.15) is 0 Å². The lowest BCUT2D eigenvalue weighted by atomic mass is 9.81. The molecule has 252 valence electrons. The number of hydrogen-bond donors (Lipinski definition) is 0. The molecule has 1 unspecified atom stereocenters. The lowest BCUT2D eigenvalue weighted by molar-refractivity contribution is 0.563. The Balaban J connectivity index is 0.971. The van der Waals surface area contributed by atoms with Crippen LogP contribution >= 0.6 is 0 Å². The second kappa shape index (κ2) is 11.3. The fourth-order valence-corrected chi connectivity index (χ4v) is 8.11. The van der Waals surface area contributed by atoms with Crippen LogP contribution in [-0.2, 0) is 5.41 Å². The van der Waals surface area contributed by atoms with Crippen LogP contribution in [0.1, 0.15) is 51.3 Å². The van der Waals surface area contributed by atoms with Gasteiger partial charge in [-0.15, -0.1) is 20.4 Å². The van der Waals surface area contributed by atoms with E-state index >= 15 is 0 Å². The molecule has 1 aliphatic rings. The quantitative estimate of drug-likeness (QED) is 0.174. The van der Waals surface area contributed by atoms with Crippen molar-refractivity contribution < 1.29 is 8.83 Å². The molecule has 9 aromatic rings. The van der Waals surface area contributed by atoms with Crippen LogP contribution in [0, 0.1) is 0 Å². The number of para-hydroxylation sites is 1. The fraction of sp³-hybridized carbons (Fsp3) is 0.156. The Hall–Kier alpha value is -6.34. The molecule has 1 aliphatic carbocycles. The van der Waals surface area contributed by atoms with Gasteiger partial charge < -0.3 is 13.4 Å². The van der Waals surface area contributed by atoms with Gasteiger partial charge in [0.1, 0.15) is 0 Å². The van der Waals surface area contributed by atoms with Crippen molar-refractivity contribution in [2.75, 3.05) is 0 Å². The minimum absolute atomic E-state index is 0.285. The first-order valence-electron chi connectivity index (χ1n) is 17.9. The third-order valence-electron chi connectivity index (χ3n) is 11.0. The largest absolute Gasteiger partial charge is 0.416 e. The Kier molecular flexibility index (Phi) is 6.64. The Bertz CT molecular complexity index is 2850. The van der Waals surface area contributed by atoms with Gasteiger partial charge in [0.05, 0.1) is 0 Å². The average Bonchev–Trinajstić information content (AvgIpc) is 3.98. The summed E-state index contributed by atoms with van der Waals surface area (Å²) in [5.74, 6) is 2.02. The summed E-state index contributed by atoms with van der Waals surface area (Å²) in [6.45, 7) is 9.01. The van der Waals surface area contributed by atoms with Crippen molar-refractivity contribution in [1.82, 2.24) is 25.0 Å². The van der Waals surface area contributed by atoms with Gasteiger partial charge in [-0.25, -0.2) is 0 Å². The van der Waals surface area contributed by atoms with Crippen LogP contribution in [0.5, 0.6) is 0 Å². The zero-order valence-electron chi connectivity index (χ0n) is 29.4. The Morgan fingerprint density at radius 3 is 1.77 bits per heavy atom. The van der Waals surface area contributed by atoms with Crippen LogP contribution in [0.25, 0.3) is 89.5 Å². The first-order chi connectivity index (χ1) is 25.4. The molecule has 0 amide bonds. The van der Waals surface area contributed by atoms with Gasteiger partial charge in [-0.3, -0.25) is 0 Å². The molecule has 0 bridgehead atoms. The number of aromatic nitrogens is 5. The minimum Gasteiger partial charge on any atom is -0.416 e. The molecule has 10 rings (SSSR count). The molecule has 7 heteroatoms. The molecule has 0 spiro atoms. The van der Waals surface area contributed by atoms with E-state index in [0.717, 1.165) is 39.4 Å². The van der Waals surface area contributed by atoms with E-state index < -0.39 is 0 Å². The van der Waals surface area contributed by atoms with Crippen LogP contribution in [-0.4, -0.2) is 25.0 Å².